The Hall–Kier alpha value is -3.03. The smallest absolute Gasteiger partial charge is 0.213 e. The monoisotopic (exact) mass is 464 g/mol. The van der Waals surface area contributed by atoms with Gasteiger partial charge in [-0.05, 0) is 42.3 Å². The zero-order valence-corrected chi connectivity index (χ0v) is 20.6. The van der Waals surface area contributed by atoms with Gasteiger partial charge in [-0.2, -0.15) is 4.57 Å². The first kappa shape index (κ1) is 22.7. The molecule has 0 saturated carbocycles. The van der Waals surface area contributed by atoms with E-state index in [9.17, 15) is 0 Å². The zero-order chi connectivity index (χ0) is 23.7. The van der Waals surface area contributed by atoms with Crippen LogP contribution in [0.2, 0.25) is 0 Å². The quantitative estimate of drug-likeness (QED) is 0.501. The maximum atomic E-state index is 6.20. The summed E-state index contributed by atoms with van der Waals surface area (Å²) in [6.07, 6.45) is 3.12. The van der Waals surface area contributed by atoms with E-state index in [4.69, 9.17) is 18.9 Å². The van der Waals surface area contributed by atoms with E-state index in [1.165, 1.54) is 16.8 Å². The number of ether oxygens (including phenoxy) is 4. The van der Waals surface area contributed by atoms with Crippen LogP contribution in [0.25, 0.3) is 22.0 Å². The van der Waals surface area contributed by atoms with Gasteiger partial charge in [-0.25, -0.2) is 0 Å². The van der Waals surface area contributed by atoms with Crippen LogP contribution in [-0.4, -0.2) is 77.5 Å². The number of rotatable bonds is 7. The Morgan fingerprint density at radius 3 is 2.38 bits per heavy atom. The third-order valence-electron chi connectivity index (χ3n) is 7.05. The van der Waals surface area contributed by atoms with E-state index in [1.54, 1.807) is 21.3 Å². The van der Waals surface area contributed by atoms with E-state index in [-0.39, 0.29) is 0 Å². The van der Waals surface area contributed by atoms with Crippen molar-refractivity contribution in [2.45, 2.75) is 13.0 Å². The molecule has 34 heavy (non-hydrogen) atoms. The molecule has 0 unspecified atom stereocenters. The third-order valence-corrected chi connectivity index (χ3v) is 7.05. The van der Waals surface area contributed by atoms with Crippen molar-refractivity contribution in [3.8, 4) is 34.3 Å². The summed E-state index contributed by atoms with van der Waals surface area (Å²) in [6, 6.07) is 10.6. The Bertz CT molecular complexity index is 1190. The minimum Gasteiger partial charge on any atom is -0.493 e. The minimum atomic E-state index is 0.651. The second kappa shape index (κ2) is 9.68. The average molecular weight is 465 g/mol. The summed E-state index contributed by atoms with van der Waals surface area (Å²) < 4.78 is 25.4. The number of aryl methyl sites for hydroxylation is 2. The normalized spacial score (nSPS) is 16.1. The number of methoxy groups -OCH3 is 3. The van der Waals surface area contributed by atoms with Crippen molar-refractivity contribution in [2.24, 2.45) is 0 Å². The standard InChI is InChI=1S/C27H34N3O4/c1-28-9-11-29(12-10-28)13-14-34-24-6-5-19-15-23-21-17-26(32-3)25(31-2)16-20(21)7-8-30(23)18-22(19)27(24)33-4/h5-6,15-18H,7-14H2,1-4H3/q+1. The van der Waals surface area contributed by atoms with Crippen molar-refractivity contribution in [3.63, 3.8) is 0 Å². The van der Waals surface area contributed by atoms with Gasteiger partial charge in [0.1, 0.15) is 6.61 Å². The molecule has 1 saturated heterocycles. The van der Waals surface area contributed by atoms with E-state index in [2.05, 4.69) is 51.9 Å². The number of nitrogens with zero attached hydrogens (tertiary/aromatic N) is 3. The van der Waals surface area contributed by atoms with Crippen molar-refractivity contribution in [1.82, 2.24) is 9.80 Å². The highest BCUT2D eigenvalue weighted by molar-refractivity contribution is 5.91. The fourth-order valence-electron chi connectivity index (χ4n) is 5.01. The molecule has 0 radical (unpaired) electrons. The highest BCUT2D eigenvalue weighted by Crippen LogP contribution is 2.40. The first-order valence-electron chi connectivity index (χ1n) is 11.9. The lowest BCUT2D eigenvalue weighted by atomic mass is 9.95. The van der Waals surface area contributed by atoms with Gasteiger partial charge < -0.3 is 23.8 Å². The molecule has 0 atom stereocenters. The average Bonchev–Trinajstić information content (AvgIpc) is 2.87. The number of fused-ring (bicyclic) bond motifs is 4. The Balaban J connectivity index is 1.43. The van der Waals surface area contributed by atoms with E-state index >= 15 is 0 Å². The molecule has 2 aromatic carbocycles. The van der Waals surface area contributed by atoms with Gasteiger partial charge in [0.05, 0.1) is 32.3 Å². The van der Waals surface area contributed by atoms with E-state index in [1.807, 2.05) is 6.07 Å². The Labute approximate surface area is 201 Å². The topological polar surface area (TPSA) is 47.3 Å². The number of likely N-dealkylation sites (N-methyl/N-ethyl adjacent to an activating group) is 1. The maximum absolute atomic E-state index is 6.20. The van der Waals surface area contributed by atoms with E-state index in [0.29, 0.717) is 6.61 Å². The summed E-state index contributed by atoms with van der Waals surface area (Å²) in [4.78, 5) is 4.83. The number of hydrogen-bond donors (Lipinski definition) is 0. The fraction of sp³-hybridized carbons (Fsp3) is 0.444. The van der Waals surface area contributed by atoms with Crippen LogP contribution in [0.4, 0.5) is 0 Å². The van der Waals surface area contributed by atoms with Crippen molar-refractivity contribution in [3.05, 3.63) is 42.1 Å². The van der Waals surface area contributed by atoms with E-state index < -0.39 is 0 Å². The summed E-state index contributed by atoms with van der Waals surface area (Å²) in [5.74, 6) is 3.11. The van der Waals surface area contributed by atoms with Crippen molar-refractivity contribution in [2.75, 3.05) is 67.7 Å². The summed E-state index contributed by atoms with van der Waals surface area (Å²) >= 11 is 0. The molecule has 0 spiro atoms. The lowest BCUT2D eigenvalue weighted by molar-refractivity contribution is -0.686. The summed E-state index contributed by atoms with van der Waals surface area (Å²) in [5.41, 5.74) is 3.62. The molecule has 1 fully saturated rings. The maximum Gasteiger partial charge on any atom is 0.213 e. The van der Waals surface area contributed by atoms with Crippen LogP contribution in [0.3, 0.4) is 0 Å². The molecule has 0 amide bonds. The molecular formula is C27H34N3O4+. The van der Waals surface area contributed by atoms with Crippen LogP contribution in [0, 0.1) is 0 Å². The first-order valence-corrected chi connectivity index (χ1v) is 11.9. The highest BCUT2D eigenvalue weighted by Gasteiger charge is 2.27. The fourth-order valence-corrected chi connectivity index (χ4v) is 5.01. The van der Waals surface area contributed by atoms with Gasteiger partial charge in [-0.3, -0.25) is 4.90 Å². The Morgan fingerprint density at radius 1 is 0.882 bits per heavy atom. The second-order valence-corrected chi connectivity index (χ2v) is 9.06. The van der Waals surface area contributed by atoms with Crippen molar-refractivity contribution in [1.29, 1.82) is 0 Å². The molecule has 7 nitrogen and oxygen atoms in total. The lowest BCUT2D eigenvalue weighted by Crippen LogP contribution is -2.45. The van der Waals surface area contributed by atoms with Crippen LogP contribution in [0.1, 0.15) is 5.56 Å². The first-order chi connectivity index (χ1) is 16.6. The number of hydrogen-bond acceptors (Lipinski definition) is 6. The van der Waals surface area contributed by atoms with Crippen molar-refractivity contribution >= 4 is 10.8 Å². The largest absolute Gasteiger partial charge is 0.493 e. The third kappa shape index (κ3) is 4.26. The summed E-state index contributed by atoms with van der Waals surface area (Å²) in [6.45, 7) is 6.89. The van der Waals surface area contributed by atoms with Crippen LogP contribution in [-0.2, 0) is 13.0 Å². The predicted molar refractivity (Wildman–Crippen MR) is 132 cm³/mol. The number of aromatic nitrogens is 1. The molecular weight excluding hydrogens is 430 g/mol. The summed E-state index contributed by atoms with van der Waals surface area (Å²) in [7, 11) is 7.26. The van der Waals surface area contributed by atoms with Gasteiger partial charge in [-0.15, -0.1) is 0 Å². The minimum absolute atomic E-state index is 0.651. The Kier molecular flexibility index (Phi) is 6.48. The van der Waals surface area contributed by atoms with Gasteiger partial charge in [0, 0.05) is 45.2 Å². The van der Waals surface area contributed by atoms with Crippen LogP contribution < -0.4 is 23.5 Å². The predicted octanol–water partition coefficient (Wildman–Crippen LogP) is 3.00. The van der Waals surface area contributed by atoms with Gasteiger partial charge >= 0.3 is 0 Å². The number of benzene rings is 2. The number of pyridine rings is 1. The highest BCUT2D eigenvalue weighted by atomic mass is 16.5. The van der Waals surface area contributed by atoms with Crippen LogP contribution in [0.5, 0.6) is 23.0 Å². The van der Waals surface area contributed by atoms with Gasteiger partial charge in [0.15, 0.2) is 35.7 Å². The molecule has 7 heteroatoms. The zero-order valence-electron chi connectivity index (χ0n) is 20.6. The summed E-state index contributed by atoms with van der Waals surface area (Å²) in [5, 5.41) is 2.18. The van der Waals surface area contributed by atoms with Gasteiger partial charge in [0.25, 0.3) is 0 Å². The molecule has 2 aliphatic heterocycles. The van der Waals surface area contributed by atoms with Crippen LogP contribution >= 0.6 is 0 Å². The van der Waals surface area contributed by atoms with Crippen LogP contribution in [0.15, 0.2) is 36.5 Å². The molecule has 3 aromatic rings. The molecule has 3 heterocycles. The Morgan fingerprint density at radius 2 is 1.65 bits per heavy atom. The van der Waals surface area contributed by atoms with Crippen molar-refractivity contribution < 1.29 is 23.5 Å². The SMILES string of the molecule is COc1cc2c(cc1OC)-c1cc3ccc(OCCN4CCN(C)CC4)c(OC)c3c[n+]1CC2. The molecule has 0 aliphatic carbocycles. The van der Waals surface area contributed by atoms with Gasteiger partial charge in [-0.1, -0.05) is 0 Å². The number of piperazine rings is 1. The molecule has 5 rings (SSSR count). The van der Waals surface area contributed by atoms with E-state index in [0.717, 1.165) is 79.5 Å². The molecule has 1 aromatic heterocycles. The molecule has 180 valence electrons. The molecule has 2 aliphatic rings. The van der Waals surface area contributed by atoms with Gasteiger partial charge in [0.2, 0.25) is 5.69 Å². The molecule has 0 N–H and O–H groups in total. The molecule has 0 bridgehead atoms. The lowest BCUT2D eigenvalue weighted by Gasteiger charge is -2.32. The second-order valence-electron chi connectivity index (χ2n) is 9.06.